The first-order valence-electron chi connectivity index (χ1n) is 6.35. The zero-order chi connectivity index (χ0) is 15.7. The minimum absolute atomic E-state index is 0.00615. The van der Waals surface area contributed by atoms with Gasteiger partial charge in [-0.1, -0.05) is 0 Å². The number of benzene rings is 1. The molecule has 0 aliphatic carbocycles. The predicted molar refractivity (Wildman–Crippen MR) is 70.9 cm³/mol. The molecule has 0 saturated carbocycles. The molecule has 0 aliphatic rings. The largest absolute Gasteiger partial charge is 0.460 e. The normalized spacial score (nSPS) is 16.4. The van der Waals surface area contributed by atoms with Gasteiger partial charge in [0.2, 0.25) is 0 Å². The van der Waals surface area contributed by atoms with Crippen LogP contribution in [0.5, 0.6) is 0 Å². The molecule has 0 fully saturated rings. The number of rotatable bonds is 3. The number of halogens is 2. The summed E-state index contributed by atoms with van der Waals surface area (Å²) < 4.78 is 31.6. The second kappa shape index (κ2) is 5.48. The van der Waals surface area contributed by atoms with Crippen LogP contribution in [-0.4, -0.2) is 16.7 Å². The van der Waals surface area contributed by atoms with E-state index in [9.17, 15) is 18.7 Å². The minimum Gasteiger partial charge on any atom is -0.460 e. The SMILES string of the molecule is CC(C(=O)OC(C)(C)C)C(C)(O)c1cc(F)cc(F)c1. The number of hydrogen-bond acceptors (Lipinski definition) is 3. The van der Waals surface area contributed by atoms with E-state index in [0.29, 0.717) is 6.07 Å². The zero-order valence-electron chi connectivity index (χ0n) is 12.3. The molecule has 0 bridgehead atoms. The summed E-state index contributed by atoms with van der Waals surface area (Å²) in [6, 6.07) is 2.71. The van der Waals surface area contributed by atoms with Gasteiger partial charge in [0.1, 0.15) is 22.8 Å². The summed E-state index contributed by atoms with van der Waals surface area (Å²) in [5, 5.41) is 10.4. The van der Waals surface area contributed by atoms with Gasteiger partial charge in [-0.15, -0.1) is 0 Å². The zero-order valence-corrected chi connectivity index (χ0v) is 12.3. The number of ether oxygens (including phenoxy) is 1. The van der Waals surface area contributed by atoms with E-state index in [2.05, 4.69) is 0 Å². The van der Waals surface area contributed by atoms with Crippen molar-refractivity contribution in [2.45, 2.75) is 45.8 Å². The number of carbonyl (C=O) groups excluding carboxylic acids is 1. The smallest absolute Gasteiger partial charge is 0.312 e. The molecule has 0 spiro atoms. The highest BCUT2D eigenvalue weighted by Crippen LogP contribution is 2.32. The fourth-order valence-corrected chi connectivity index (χ4v) is 1.72. The van der Waals surface area contributed by atoms with E-state index in [0.717, 1.165) is 12.1 Å². The molecule has 3 nitrogen and oxygen atoms in total. The predicted octanol–water partition coefficient (Wildman–Crippen LogP) is 3.15. The van der Waals surface area contributed by atoms with E-state index < -0.39 is 34.7 Å². The maximum atomic E-state index is 13.2. The van der Waals surface area contributed by atoms with Crippen LogP contribution in [0.4, 0.5) is 8.78 Å². The second-order valence-corrected chi connectivity index (χ2v) is 6.06. The first-order valence-corrected chi connectivity index (χ1v) is 6.35. The van der Waals surface area contributed by atoms with Crippen LogP contribution in [0.3, 0.4) is 0 Å². The molecule has 1 rings (SSSR count). The topological polar surface area (TPSA) is 46.5 Å². The van der Waals surface area contributed by atoms with Gasteiger partial charge in [0.15, 0.2) is 0 Å². The molecular weight excluding hydrogens is 266 g/mol. The van der Waals surface area contributed by atoms with Crippen LogP contribution in [0, 0.1) is 17.6 Å². The number of esters is 1. The Labute approximate surface area is 117 Å². The second-order valence-electron chi connectivity index (χ2n) is 6.06. The van der Waals surface area contributed by atoms with Crippen molar-refractivity contribution in [1.82, 2.24) is 0 Å². The first-order chi connectivity index (χ1) is 8.93. The number of carbonyl (C=O) groups is 1. The third kappa shape index (κ3) is 4.00. The molecule has 20 heavy (non-hydrogen) atoms. The van der Waals surface area contributed by atoms with Crippen LogP contribution in [0.15, 0.2) is 18.2 Å². The lowest BCUT2D eigenvalue weighted by Crippen LogP contribution is -2.39. The van der Waals surface area contributed by atoms with Gasteiger partial charge in [0.05, 0.1) is 5.92 Å². The fraction of sp³-hybridized carbons (Fsp3) is 0.533. The van der Waals surface area contributed by atoms with E-state index in [1.165, 1.54) is 13.8 Å². The van der Waals surface area contributed by atoms with Crippen molar-refractivity contribution < 1.29 is 23.4 Å². The van der Waals surface area contributed by atoms with Gasteiger partial charge in [-0.2, -0.15) is 0 Å². The molecule has 5 heteroatoms. The van der Waals surface area contributed by atoms with E-state index in [-0.39, 0.29) is 5.56 Å². The minimum atomic E-state index is -1.73. The highest BCUT2D eigenvalue weighted by molar-refractivity contribution is 5.74. The van der Waals surface area contributed by atoms with Gasteiger partial charge >= 0.3 is 5.97 Å². The molecule has 0 aromatic heterocycles. The Balaban J connectivity index is 3.05. The molecule has 2 unspecified atom stereocenters. The molecule has 0 aliphatic heterocycles. The molecular formula is C15H20F2O3. The fourth-order valence-electron chi connectivity index (χ4n) is 1.72. The van der Waals surface area contributed by atoms with Gasteiger partial charge < -0.3 is 9.84 Å². The Morgan fingerprint density at radius 2 is 1.60 bits per heavy atom. The summed E-state index contributed by atoms with van der Waals surface area (Å²) in [5.41, 5.74) is -2.44. The van der Waals surface area contributed by atoms with Crippen LogP contribution in [-0.2, 0) is 15.1 Å². The lowest BCUT2D eigenvalue weighted by molar-refractivity contribution is -0.168. The van der Waals surface area contributed by atoms with E-state index in [4.69, 9.17) is 4.74 Å². The monoisotopic (exact) mass is 286 g/mol. The summed E-state index contributed by atoms with van der Waals surface area (Å²) in [5.74, 6) is -3.22. The van der Waals surface area contributed by atoms with Crippen molar-refractivity contribution in [2.24, 2.45) is 5.92 Å². The third-order valence-electron chi connectivity index (χ3n) is 3.05. The Hall–Kier alpha value is -1.49. The van der Waals surface area contributed by atoms with E-state index in [1.807, 2.05) is 0 Å². The molecule has 112 valence electrons. The Morgan fingerprint density at radius 1 is 1.15 bits per heavy atom. The van der Waals surface area contributed by atoms with E-state index >= 15 is 0 Å². The van der Waals surface area contributed by atoms with Crippen LogP contribution in [0.2, 0.25) is 0 Å². The molecule has 0 heterocycles. The van der Waals surface area contributed by atoms with Gasteiger partial charge in [0.25, 0.3) is 0 Å². The third-order valence-corrected chi connectivity index (χ3v) is 3.05. The van der Waals surface area contributed by atoms with Crippen LogP contribution < -0.4 is 0 Å². The summed E-state index contributed by atoms with van der Waals surface area (Å²) in [4.78, 5) is 12.0. The summed E-state index contributed by atoms with van der Waals surface area (Å²) in [7, 11) is 0. The van der Waals surface area contributed by atoms with Crippen LogP contribution in [0.1, 0.15) is 40.2 Å². The first kappa shape index (κ1) is 16.6. The standard InChI is InChI=1S/C15H20F2O3/c1-9(13(18)20-14(2,3)4)15(5,19)10-6-11(16)8-12(17)7-10/h6-9,19H,1-5H3. The highest BCUT2D eigenvalue weighted by Gasteiger charge is 2.38. The molecule has 0 radical (unpaired) electrons. The lowest BCUT2D eigenvalue weighted by Gasteiger charge is -2.31. The number of hydrogen-bond donors (Lipinski definition) is 1. The van der Waals surface area contributed by atoms with Gasteiger partial charge in [0, 0.05) is 6.07 Å². The van der Waals surface area contributed by atoms with Crippen molar-refractivity contribution in [3.05, 3.63) is 35.4 Å². The number of aliphatic hydroxyl groups is 1. The van der Waals surface area contributed by atoms with Crippen molar-refractivity contribution in [3.8, 4) is 0 Å². The van der Waals surface area contributed by atoms with E-state index in [1.54, 1.807) is 20.8 Å². The molecule has 0 saturated heterocycles. The maximum Gasteiger partial charge on any atom is 0.312 e. The molecule has 0 amide bonds. The molecule has 1 N–H and O–H groups in total. The van der Waals surface area contributed by atoms with Crippen LogP contribution >= 0.6 is 0 Å². The van der Waals surface area contributed by atoms with Crippen molar-refractivity contribution in [3.63, 3.8) is 0 Å². The average molecular weight is 286 g/mol. The average Bonchev–Trinajstić information content (AvgIpc) is 2.24. The van der Waals surface area contributed by atoms with Gasteiger partial charge in [-0.05, 0) is 52.3 Å². The summed E-state index contributed by atoms with van der Waals surface area (Å²) in [6.07, 6.45) is 0. The molecule has 2 atom stereocenters. The quantitative estimate of drug-likeness (QED) is 0.868. The Morgan fingerprint density at radius 3 is 2.00 bits per heavy atom. The van der Waals surface area contributed by atoms with Crippen LogP contribution in [0.25, 0.3) is 0 Å². The maximum absolute atomic E-state index is 13.2. The van der Waals surface area contributed by atoms with Crippen molar-refractivity contribution >= 4 is 5.97 Å². The summed E-state index contributed by atoms with van der Waals surface area (Å²) >= 11 is 0. The lowest BCUT2D eigenvalue weighted by atomic mass is 9.84. The highest BCUT2D eigenvalue weighted by atomic mass is 19.1. The summed E-state index contributed by atoms with van der Waals surface area (Å²) in [6.45, 7) is 7.89. The Bertz CT molecular complexity index is 484. The molecule has 1 aromatic carbocycles. The molecule has 1 aromatic rings. The van der Waals surface area contributed by atoms with Crippen molar-refractivity contribution in [1.29, 1.82) is 0 Å². The van der Waals surface area contributed by atoms with Crippen molar-refractivity contribution in [2.75, 3.05) is 0 Å². The Kier molecular flexibility index (Phi) is 4.54. The van der Waals surface area contributed by atoms with Gasteiger partial charge in [-0.25, -0.2) is 8.78 Å². The van der Waals surface area contributed by atoms with Gasteiger partial charge in [-0.3, -0.25) is 4.79 Å².